The summed E-state index contributed by atoms with van der Waals surface area (Å²) in [5, 5.41) is 3.88. The Morgan fingerprint density at radius 1 is 1.21 bits per heavy atom. The molecule has 1 aliphatic heterocycles. The molecule has 208 valence electrons. The van der Waals surface area contributed by atoms with Gasteiger partial charge in [0.05, 0.1) is 13.2 Å². The van der Waals surface area contributed by atoms with Gasteiger partial charge in [0.1, 0.15) is 23.3 Å². The van der Waals surface area contributed by atoms with E-state index in [-0.39, 0.29) is 46.5 Å². The number of carbonyl (C=O) groups is 4. The Morgan fingerprint density at radius 3 is 2.77 bits per heavy atom. The van der Waals surface area contributed by atoms with Gasteiger partial charge in [-0.25, -0.2) is 0 Å². The van der Waals surface area contributed by atoms with Crippen LogP contribution in [0.4, 0.5) is 0 Å². The zero-order chi connectivity index (χ0) is 27.3. The fraction of sp³-hybridized carbons (Fsp3) is 0.613. The average molecular weight is 534 g/mol. The first-order chi connectivity index (χ1) is 18.8. The molecule has 2 amide bonds. The Hall–Kier alpha value is -3.16. The molecule has 2 heterocycles. The molecule has 39 heavy (non-hydrogen) atoms. The summed E-state index contributed by atoms with van der Waals surface area (Å²) in [5.41, 5.74) is 1.52. The highest BCUT2D eigenvalue weighted by molar-refractivity contribution is 6.02. The van der Waals surface area contributed by atoms with E-state index in [4.69, 9.17) is 4.74 Å². The number of hydrogen-bond donors (Lipinski definition) is 2. The van der Waals surface area contributed by atoms with Crippen LogP contribution in [0.5, 0.6) is 5.75 Å². The molecule has 2 aromatic rings. The van der Waals surface area contributed by atoms with E-state index in [0.717, 1.165) is 55.8 Å². The standard InChI is InChI=1S/C31H39N3O5/c1-3-25(35)23(14-19-16-31(12-13-31)11-10-26(19)36)33-29(37)28-20-7-4-6-18(20)17-34(28)30(38)24-15-21-22(32-24)8-5-9-27(21)39-2/h5,8-9,15,18-20,23,28,32H,3-4,6-7,10-14,16-17H2,1-2H3,(H,33,37). The monoisotopic (exact) mass is 533 g/mol. The van der Waals surface area contributed by atoms with Crippen LogP contribution in [-0.4, -0.2) is 59.0 Å². The summed E-state index contributed by atoms with van der Waals surface area (Å²) in [4.78, 5) is 58.5. The number of ketones is 2. The van der Waals surface area contributed by atoms with Crippen molar-refractivity contribution >= 4 is 34.3 Å². The molecular weight excluding hydrogens is 494 g/mol. The van der Waals surface area contributed by atoms with Crippen molar-refractivity contribution in [3.63, 3.8) is 0 Å². The third-order valence-electron chi connectivity index (χ3n) is 10.1. The molecule has 5 atom stereocenters. The van der Waals surface area contributed by atoms with Crippen LogP contribution in [0.25, 0.3) is 10.9 Å². The maximum atomic E-state index is 13.9. The van der Waals surface area contributed by atoms with Crippen molar-refractivity contribution in [1.82, 2.24) is 15.2 Å². The maximum Gasteiger partial charge on any atom is 0.271 e. The third kappa shape index (κ3) is 4.76. The van der Waals surface area contributed by atoms with Gasteiger partial charge in [0.2, 0.25) is 5.91 Å². The predicted molar refractivity (Wildman–Crippen MR) is 146 cm³/mol. The van der Waals surface area contributed by atoms with Crippen LogP contribution in [-0.2, 0) is 14.4 Å². The van der Waals surface area contributed by atoms with Gasteiger partial charge in [-0.05, 0) is 80.4 Å². The van der Waals surface area contributed by atoms with Gasteiger partial charge in [0.25, 0.3) is 5.91 Å². The number of nitrogens with zero attached hydrogens (tertiary/aromatic N) is 1. The van der Waals surface area contributed by atoms with Crippen LogP contribution in [0.3, 0.4) is 0 Å². The molecule has 1 spiro atoms. The number of carbonyl (C=O) groups excluding carboxylic acids is 4. The molecule has 4 fully saturated rings. The van der Waals surface area contributed by atoms with Crippen LogP contribution in [0, 0.1) is 23.2 Å². The number of H-pyrrole nitrogens is 1. The topological polar surface area (TPSA) is 109 Å². The van der Waals surface area contributed by atoms with Crippen LogP contribution in [0.15, 0.2) is 24.3 Å². The highest BCUT2D eigenvalue weighted by atomic mass is 16.5. The highest BCUT2D eigenvalue weighted by Crippen LogP contribution is 2.57. The molecule has 4 aliphatic rings. The largest absolute Gasteiger partial charge is 0.496 e. The first kappa shape index (κ1) is 26.1. The molecule has 0 radical (unpaired) electrons. The van der Waals surface area contributed by atoms with Gasteiger partial charge in [-0.15, -0.1) is 0 Å². The molecule has 1 aromatic carbocycles. The lowest BCUT2D eigenvalue weighted by molar-refractivity contribution is -0.133. The molecule has 6 rings (SSSR count). The molecule has 8 heteroatoms. The zero-order valence-corrected chi connectivity index (χ0v) is 23.0. The van der Waals surface area contributed by atoms with E-state index in [2.05, 4.69) is 10.3 Å². The minimum absolute atomic E-state index is 0.0480. The second-order valence-corrected chi connectivity index (χ2v) is 12.3. The number of hydrogen-bond acceptors (Lipinski definition) is 5. The van der Waals surface area contributed by atoms with Crippen LogP contribution in [0.2, 0.25) is 0 Å². The minimum atomic E-state index is -0.694. The number of methoxy groups -OCH3 is 1. The first-order valence-corrected chi connectivity index (χ1v) is 14.6. The van der Waals surface area contributed by atoms with Crippen LogP contribution in [0.1, 0.15) is 81.6 Å². The summed E-state index contributed by atoms with van der Waals surface area (Å²) in [5.74, 6) is 0.564. The van der Waals surface area contributed by atoms with Gasteiger partial charge >= 0.3 is 0 Å². The molecular formula is C31H39N3O5. The Balaban J connectivity index is 1.23. The maximum absolute atomic E-state index is 13.9. The van der Waals surface area contributed by atoms with E-state index in [1.807, 2.05) is 18.2 Å². The van der Waals surface area contributed by atoms with Gasteiger partial charge in [-0.2, -0.15) is 0 Å². The number of nitrogens with one attached hydrogen (secondary N) is 2. The molecule has 3 saturated carbocycles. The molecule has 0 bridgehead atoms. The van der Waals surface area contributed by atoms with Crippen LogP contribution < -0.4 is 10.1 Å². The lowest BCUT2D eigenvalue weighted by Crippen LogP contribution is -2.53. The number of aromatic amines is 1. The quantitative estimate of drug-likeness (QED) is 0.522. The van der Waals surface area contributed by atoms with E-state index in [0.29, 0.717) is 37.3 Å². The second kappa shape index (κ2) is 10.1. The number of ether oxygens (including phenoxy) is 1. The Labute approximate surface area is 229 Å². The number of fused-ring (bicyclic) bond motifs is 2. The summed E-state index contributed by atoms with van der Waals surface area (Å²) in [6.45, 7) is 2.33. The van der Waals surface area contributed by atoms with E-state index >= 15 is 0 Å². The SMILES string of the molecule is CCC(=O)C(CC1CC2(CCC1=O)CC2)NC(=O)C1C2CCCC2CN1C(=O)c1cc2c(OC)cccc2[nH]1. The molecule has 5 unspecified atom stereocenters. The Kier molecular flexibility index (Phi) is 6.76. The Bertz CT molecular complexity index is 1310. The smallest absolute Gasteiger partial charge is 0.271 e. The number of aromatic nitrogens is 1. The fourth-order valence-electron chi connectivity index (χ4n) is 7.66. The summed E-state index contributed by atoms with van der Waals surface area (Å²) in [6.07, 6.45) is 8.30. The van der Waals surface area contributed by atoms with E-state index in [1.54, 1.807) is 25.0 Å². The predicted octanol–water partition coefficient (Wildman–Crippen LogP) is 4.42. The highest BCUT2D eigenvalue weighted by Gasteiger charge is 2.51. The van der Waals surface area contributed by atoms with Crippen molar-refractivity contribution in [1.29, 1.82) is 0 Å². The summed E-state index contributed by atoms with van der Waals surface area (Å²) in [6, 6.07) is 6.10. The number of likely N-dealkylation sites (tertiary alicyclic amines) is 1. The molecule has 8 nitrogen and oxygen atoms in total. The van der Waals surface area contributed by atoms with Gasteiger partial charge in [-0.3, -0.25) is 19.2 Å². The van der Waals surface area contributed by atoms with Crippen molar-refractivity contribution in [3.8, 4) is 5.75 Å². The first-order valence-electron chi connectivity index (χ1n) is 14.6. The van der Waals surface area contributed by atoms with Crippen LogP contribution >= 0.6 is 0 Å². The van der Waals surface area contributed by atoms with Gasteiger partial charge in [-0.1, -0.05) is 19.4 Å². The fourth-order valence-corrected chi connectivity index (χ4v) is 7.66. The van der Waals surface area contributed by atoms with Crippen molar-refractivity contribution in [2.45, 2.75) is 83.2 Å². The lowest BCUT2D eigenvalue weighted by Gasteiger charge is -2.32. The minimum Gasteiger partial charge on any atom is -0.496 e. The van der Waals surface area contributed by atoms with Crippen molar-refractivity contribution in [3.05, 3.63) is 30.0 Å². The molecule has 2 N–H and O–H groups in total. The van der Waals surface area contributed by atoms with Crippen molar-refractivity contribution in [2.75, 3.05) is 13.7 Å². The number of Topliss-reactive ketones (excluding diaryl/α,β-unsaturated/α-hetero) is 2. The molecule has 1 saturated heterocycles. The Morgan fingerprint density at radius 2 is 2.03 bits per heavy atom. The number of rotatable bonds is 8. The van der Waals surface area contributed by atoms with Gasteiger partial charge in [0.15, 0.2) is 5.78 Å². The van der Waals surface area contributed by atoms with E-state index < -0.39 is 12.1 Å². The summed E-state index contributed by atoms with van der Waals surface area (Å²) in [7, 11) is 1.60. The number of benzene rings is 1. The normalized spacial score (nSPS) is 27.9. The summed E-state index contributed by atoms with van der Waals surface area (Å²) < 4.78 is 5.46. The van der Waals surface area contributed by atoms with Crippen molar-refractivity contribution < 1.29 is 23.9 Å². The van der Waals surface area contributed by atoms with Crippen molar-refractivity contribution in [2.24, 2.45) is 23.2 Å². The number of amides is 2. The van der Waals surface area contributed by atoms with Gasteiger partial charge < -0.3 is 19.9 Å². The molecule has 3 aliphatic carbocycles. The van der Waals surface area contributed by atoms with E-state index in [1.165, 1.54) is 0 Å². The lowest BCUT2D eigenvalue weighted by atomic mass is 9.75. The second-order valence-electron chi connectivity index (χ2n) is 12.3. The van der Waals surface area contributed by atoms with Gasteiger partial charge in [0, 0.05) is 36.2 Å². The molecule has 1 aromatic heterocycles. The van der Waals surface area contributed by atoms with E-state index in [9.17, 15) is 19.2 Å². The average Bonchev–Trinajstić information content (AvgIpc) is 3.27. The summed E-state index contributed by atoms with van der Waals surface area (Å²) >= 11 is 0. The zero-order valence-electron chi connectivity index (χ0n) is 23.0. The third-order valence-corrected chi connectivity index (χ3v) is 10.1.